The van der Waals surface area contributed by atoms with Gasteiger partial charge in [0, 0.05) is 25.3 Å². The molecule has 6 heteroatoms. The maximum absolute atomic E-state index is 12.3. The summed E-state index contributed by atoms with van der Waals surface area (Å²) in [6.45, 7) is 1.57. The molecule has 0 saturated carbocycles. The molecule has 0 bridgehead atoms. The van der Waals surface area contributed by atoms with E-state index in [2.05, 4.69) is 15.3 Å². The van der Waals surface area contributed by atoms with E-state index in [0.29, 0.717) is 10.7 Å². The fraction of sp³-hybridized carbons (Fsp3) is 0.545. The highest BCUT2D eigenvalue weighted by molar-refractivity contribution is 6.33. The lowest BCUT2D eigenvalue weighted by molar-refractivity contribution is 0.0731. The lowest BCUT2D eigenvalue weighted by Gasteiger charge is -2.24. The summed E-state index contributed by atoms with van der Waals surface area (Å²) in [7, 11) is 1.89. The first-order valence-corrected chi connectivity index (χ1v) is 6.03. The van der Waals surface area contributed by atoms with Crippen LogP contribution in [0.15, 0.2) is 12.5 Å². The lowest BCUT2D eigenvalue weighted by atomic mass is 10.2. The number of carbonyl (C=O) groups excluding carboxylic acids is 1. The Morgan fingerprint density at radius 3 is 3.24 bits per heavy atom. The smallest absolute Gasteiger partial charge is 0.274 e. The van der Waals surface area contributed by atoms with E-state index in [9.17, 15) is 4.79 Å². The molecule has 1 aromatic rings. The Morgan fingerprint density at radius 2 is 2.53 bits per heavy atom. The predicted octanol–water partition coefficient (Wildman–Crippen LogP) is 0.954. The van der Waals surface area contributed by atoms with E-state index in [1.165, 1.54) is 12.5 Å². The molecule has 0 aromatic carbocycles. The Kier molecular flexibility index (Phi) is 3.91. The van der Waals surface area contributed by atoms with Crippen molar-refractivity contribution in [2.24, 2.45) is 0 Å². The van der Waals surface area contributed by atoms with E-state index in [4.69, 9.17) is 11.6 Å². The summed E-state index contributed by atoms with van der Waals surface area (Å²) < 4.78 is 0. The average Bonchev–Trinajstić information content (AvgIpc) is 2.78. The van der Waals surface area contributed by atoms with Gasteiger partial charge in [0.15, 0.2) is 0 Å². The Balaban J connectivity index is 2.17. The van der Waals surface area contributed by atoms with Gasteiger partial charge >= 0.3 is 0 Å². The van der Waals surface area contributed by atoms with Gasteiger partial charge in [0.05, 0.1) is 5.02 Å². The van der Waals surface area contributed by atoms with Crippen molar-refractivity contribution in [3.05, 3.63) is 23.2 Å². The van der Waals surface area contributed by atoms with Crippen molar-refractivity contribution < 1.29 is 4.79 Å². The number of nitrogens with one attached hydrogen (secondary N) is 1. The minimum absolute atomic E-state index is 0.102. The number of nitrogens with zero attached hydrogens (tertiary/aromatic N) is 3. The Morgan fingerprint density at radius 1 is 1.71 bits per heavy atom. The highest BCUT2D eigenvalue weighted by atomic mass is 35.5. The quantitative estimate of drug-likeness (QED) is 0.873. The first-order chi connectivity index (χ1) is 8.24. The van der Waals surface area contributed by atoms with Gasteiger partial charge in [-0.2, -0.15) is 0 Å². The Bertz CT molecular complexity index is 412. The molecular formula is C11H15ClN4O. The molecule has 1 aliphatic heterocycles. The molecule has 17 heavy (non-hydrogen) atoms. The average molecular weight is 255 g/mol. The SMILES string of the molecule is CNCC1CCCN1C(=O)c1ncncc1Cl. The monoisotopic (exact) mass is 254 g/mol. The Hall–Kier alpha value is -1.20. The van der Waals surface area contributed by atoms with Crippen LogP contribution in [0.4, 0.5) is 0 Å². The molecule has 5 nitrogen and oxygen atoms in total. The van der Waals surface area contributed by atoms with Gasteiger partial charge in [0.1, 0.15) is 12.0 Å². The third kappa shape index (κ3) is 2.56. The van der Waals surface area contributed by atoms with E-state index in [0.717, 1.165) is 25.9 Å². The molecule has 1 atom stereocenters. The number of halogens is 1. The second-order valence-corrected chi connectivity index (χ2v) is 4.48. The number of hydrogen-bond donors (Lipinski definition) is 1. The molecule has 92 valence electrons. The predicted molar refractivity (Wildman–Crippen MR) is 65.0 cm³/mol. The molecule has 1 aliphatic rings. The van der Waals surface area contributed by atoms with Crippen molar-refractivity contribution >= 4 is 17.5 Å². The fourth-order valence-electron chi connectivity index (χ4n) is 2.16. The number of rotatable bonds is 3. The standard InChI is InChI=1S/C11H15ClN4O/c1-13-5-8-3-2-4-16(8)11(17)10-9(12)6-14-7-15-10/h6-8,13H,2-5H2,1H3. The van der Waals surface area contributed by atoms with E-state index in [1.807, 2.05) is 11.9 Å². The number of aromatic nitrogens is 2. The highest BCUT2D eigenvalue weighted by Crippen LogP contribution is 2.21. The van der Waals surface area contributed by atoms with Crippen molar-refractivity contribution in [3.63, 3.8) is 0 Å². The molecule has 1 amide bonds. The molecule has 1 fully saturated rings. The van der Waals surface area contributed by atoms with Crippen LogP contribution >= 0.6 is 11.6 Å². The van der Waals surface area contributed by atoms with Crippen LogP contribution in [0.25, 0.3) is 0 Å². The van der Waals surface area contributed by atoms with Crippen LogP contribution in [0.3, 0.4) is 0 Å². The summed E-state index contributed by atoms with van der Waals surface area (Å²) in [6, 6.07) is 0.235. The first-order valence-electron chi connectivity index (χ1n) is 5.65. The molecule has 0 spiro atoms. The van der Waals surface area contributed by atoms with Crippen molar-refractivity contribution in [2.45, 2.75) is 18.9 Å². The lowest BCUT2D eigenvalue weighted by Crippen LogP contribution is -2.41. The Labute approximate surface area is 105 Å². The number of likely N-dealkylation sites (N-methyl/N-ethyl adjacent to an activating group) is 1. The summed E-state index contributed by atoms with van der Waals surface area (Å²) in [5, 5.41) is 3.41. The second kappa shape index (κ2) is 5.42. The van der Waals surface area contributed by atoms with E-state index in [-0.39, 0.29) is 11.9 Å². The second-order valence-electron chi connectivity index (χ2n) is 4.07. The maximum Gasteiger partial charge on any atom is 0.274 e. The van der Waals surface area contributed by atoms with Gasteiger partial charge in [-0.05, 0) is 19.9 Å². The largest absolute Gasteiger partial charge is 0.333 e. The highest BCUT2D eigenvalue weighted by Gasteiger charge is 2.30. The van der Waals surface area contributed by atoms with Crippen LogP contribution in [-0.4, -0.2) is 47.0 Å². The van der Waals surface area contributed by atoms with Gasteiger partial charge in [-0.3, -0.25) is 4.79 Å². The summed E-state index contributed by atoms with van der Waals surface area (Å²) in [5.41, 5.74) is 0.296. The maximum atomic E-state index is 12.3. The number of likely N-dealkylation sites (tertiary alicyclic amines) is 1. The van der Waals surface area contributed by atoms with Gasteiger partial charge in [0.2, 0.25) is 0 Å². The van der Waals surface area contributed by atoms with E-state index in [1.54, 1.807) is 0 Å². The first kappa shape index (κ1) is 12.3. The van der Waals surface area contributed by atoms with E-state index >= 15 is 0 Å². The van der Waals surface area contributed by atoms with Crippen LogP contribution < -0.4 is 5.32 Å². The zero-order valence-corrected chi connectivity index (χ0v) is 10.4. The van der Waals surface area contributed by atoms with Crippen LogP contribution in [0.5, 0.6) is 0 Å². The number of hydrogen-bond acceptors (Lipinski definition) is 4. The van der Waals surface area contributed by atoms with Crippen molar-refractivity contribution in [3.8, 4) is 0 Å². The zero-order valence-electron chi connectivity index (χ0n) is 9.69. The minimum Gasteiger partial charge on any atom is -0.333 e. The van der Waals surface area contributed by atoms with Crippen molar-refractivity contribution in [1.29, 1.82) is 0 Å². The van der Waals surface area contributed by atoms with E-state index < -0.39 is 0 Å². The summed E-state index contributed by atoms with van der Waals surface area (Å²) in [5.74, 6) is -0.102. The topological polar surface area (TPSA) is 58.1 Å². The number of amides is 1. The molecular weight excluding hydrogens is 240 g/mol. The molecule has 1 aromatic heterocycles. The van der Waals surface area contributed by atoms with Crippen molar-refractivity contribution in [2.75, 3.05) is 20.1 Å². The molecule has 0 aliphatic carbocycles. The molecule has 1 unspecified atom stereocenters. The normalized spacial score (nSPS) is 19.6. The molecule has 1 saturated heterocycles. The minimum atomic E-state index is -0.102. The van der Waals surface area contributed by atoms with Gasteiger partial charge in [-0.25, -0.2) is 9.97 Å². The summed E-state index contributed by atoms with van der Waals surface area (Å²) >= 11 is 5.93. The summed E-state index contributed by atoms with van der Waals surface area (Å²) in [4.78, 5) is 21.9. The molecule has 0 radical (unpaired) electrons. The third-order valence-electron chi connectivity index (χ3n) is 2.95. The molecule has 2 heterocycles. The van der Waals surface area contributed by atoms with Gasteiger partial charge in [-0.1, -0.05) is 11.6 Å². The zero-order chi connectivity index (χ0) is 12.3. The van der Waals surface area contributed by atoms with Gasteiger partial charge in [-0.15, -0.1) is 0 Å². The van der Waals surface area contributed by atoms with Crippen LogP contribution in [0.1, 0.15) is 23.3 Å². The van der Waals surface area contributed by atoms with Gasteiger partial charge in [0.25, 0.3) is 5.91 Å². The molecule has 1 N–H and O–H groups in total. The third-order valence-corrected chi connectivity index (χ3v) is 3.22. The summed E-state index contributed by atoms with van der Waals surface area (Å²) in [6.07, 6.45) is 4.85. The number of carbonyl (C=O) groups is 1. The van der Waals surface area contributed by atoms with Crippen LogP contribution in [0.2, 0.25) is 5.02 Å². The van der Waals surface area contributed by atoms with Gasteiger partial charge < -0.3 is 10.2 Å². The van der Waals surface area contributed by atoms with Crippen LogP contribution in [-0.2, 0) is 0 Å². The molecule has 2 rings (SSSR count). The van der Waals surface area contributed by atoms with Crippen LogP contribution in [0, 0.1) is 0 Å². The fourth-order valence-corrected chi connectivity index (χ4v) is 2.34. The van der Waals surface area contributed by atoms with Crippen molar-refractivity contribution in [1.82, 2.24) is 20.2 Å².